The smallest absolute Gasteiger partial charge is 0.274 e. The van der Waals surface area contributed by atoms with Gasteiger partial charge in [-0.1, -0.05) is 29.3 Å². The number of anilines is 2. The average Bonchev–Trinajstić information content (AvgIpc) is 2.56. The number of aromatic nitrogens is 2. The van der Waals surface area contributed by atoms with Crippen molar-refractivity contribution in [3.05, 3.63) is 46.1 Å². The number of carbonyl (C=O) groups is 1. The van der Waals surface area contributed by atoms with Gasteiger partial charge in [0.1, 0.15) is 0 Å². The molecule has 0 spiro atoms. The number of carbonyl (C=O) groups excluding carboxylic acids is 1. The summed E-state index contributed by atoms with van der Waals surface area (Å²) in [7, 11) is 1.79. The Labute approximate surface area is 145 Å². The first-order valence-corrected chi connectivity index (χ1v) is 8.43. The molecule has 0 unspecified atom stereocenters. The lowest BCUT2D eigenvalue weighted by Crippen LogP contribution is -2.28. The predicted molar refractivity (Wildman–Crippen MR) is 96.1 cm³/mol. The van der Waals surface area contributed by atoms with Crippen molar-refractivity contribution in [2.75, 3.05) is 18.9 Å². The van der Waals surface area contributed by atoms with Gasteiger partial charge in [0, 0.05) is 23.8 Å². The lowest BCUT2D eigenvalue weighted by molar-refractivity contribution is 0.0786. The minimum Gasteiger partial charge on any atom is -0.340 e. The van der Waals surface area contributed by atoms with Crippen LogP contribution in [-0.2, 0) is 0 Å². The van der Waals surface area contributed by atoms with Crippen LogP contribution in [0.5, 0.6) is 0 Å². The molecule has 2 rings (SSSR count). The van der Waals surface area contributed by atoms with Crippen molar-refractivity contribution < 1.29 is 4.79 Å². The molecule has 2 aromatic rings. The zero-order valence-corrected chi connectivity index (χ0v) is 15.2. The molecule has 1 N–H and O–H groups in total. The topological polar surface area (TPSA) is 58.1 Å². The van der Waals surface area contributed by atoms with E-state index in [1.165, 1.54) is 0 Å². The summed E-state index contributed by atoms with van der Waals surface area (Å²) in [6.45, 7) is 4.85. The summed E-state index contributed by atoms with van der Waals surface area (Å²) in [5, 5.41) is 11.3. The molecule has 1 amide bonds. The average molecular weight is 377 g/mol. The summed E-state index contributed by atoms with van der Waals surface area (Å²) in [6.07, 6.45) is 2.04. The fourth-order valence-electron chi connectivity index (χ4n) is 2.08. The van der Waals surface area contributed by atoms with Gasteiger partial charge >= 0.3 is 0 Å². The van der Waals surface area contributed by atoms with Gasteiger partial charge in [0.25, 0.3) is 5.91 Å². The van der Waals surface area contributed by atoms with Gasteiger partial charge < -0.3 is 10.2 Å². The number of amides is 1. The van der Waals surface area contributed by atoms with E-state index < -0.39 is 0 Å². The second kappa shape index (κ2) is 8.06. The summed E-state index contributed by atoms with van der Waals surface area (Å²) < 4.78 is 1.06. The Morgan fingerprint density at radius 1 is 1.26 bits per heavy atom. The third kappa shape index (κ3) is 4.76. The minimum absolute atomic E-state index is 0.100. The maximum absolute atomic E-state index is 12.2. The molecule has 0 saturated carbocycles. The molecule has 0 aliphatic heterocycles. The van der Waals surface area contributed by atoms with Gasteiger partial charge in [-0.15, -0.1) is 10.2 Å². The van der Waals surface area contributed by atoms with Gasteiger partial charge in [0.05, 0.1) is 0 Å². The quantitative estimate of drug-likeness (QED) is 0.821. The predicted octanol–water partition coefficient (Wildman–Crippen LogP) is 4.16. The first-order chi connectivity index (χ1) is 11.0. The number of rotatable bonds is 6. The normalized spacial score (nSPS) is 10.4. The van der Waals surface area contributed by atoms with Crippen molar-refractivity contribution in [1.82, 2.24) is 15.1 Å². The third-order valence-electron chi connectivity index (χ3n) is 3.51. The molecule has 23 heavy (non-hydrogen) atoms. The number of aryl methyl sites for hydroxylation is 1. The monoisotopic (exact) mass is 376 g/mol. The Morgan fingerprint density at radius 3 is 2.65 bits per heavy atom. The van der Waals surface area contributed by atoms with Crippen LogP contribution in [0.4, 0.5) is 11.5 Å². The molecule has 0 atom stereocenters. The van der Waals surface area contributed by atoms with E-state index in [4.69, 9.17) is 0 Å². The summed E-state index contributed by atoms with van der Waals surface area (Å²) in [4.78, 5) is 13.9. The van der Waals surface area contributed by atoms with Crippen LogP contribution in [0.3, 0.4) is 0 Å². The van der Waals surface area contributed by atoms with Gasteiger partial charge in [-0.2, -0.15) is 0 Å². The molecule has 0 fully saturated rings. The van der Waals surface area contributed by atoms with Gasteiger partial charge in [-0.05, 0) is 49.2 Å². The molecule has 0 radical (unpaired) electrons. The Hall–Kier alpha value is -1.95. The molecule has 122 valence electrons. The number of hydrogen-bond acceptors (Lipinski definition) is 4. The number of halogens is 1. The summed E-state index contributed by atoms with van der Waals surface area (Å²) in [6, 6.07) is 9.42. The van der Waals surface area contributed by atoms with E-state index in [2.05, 4.69) is 38.4 Å². The van der Waals surface area contributed by atoms with Crippen LogP contribution >= 0.6 is 15.9 Å². The van der Waals surface area contributed by atoms with E-state index in [1.807, 2.05) is 25.1 Å². The van der Waals surface area contributed by atoms with Crippen LogP contribution in [0.15, 0.2) is 34.8 Å². The van der Waals surface area contributed by atoms with Crippen molar-refractivity contribution in [3.8, 4) is 0 Å². The number of nitrogens with one attached hydrogen (secondary N) is 1. The van der Waals surface area contributed by atoms with E-state index in [0.717, 1.165) is 35.1 Å². The second-order valence-corrected chi connectivity index (χ2v) is 6.33. The van der Waals surface area contributed by atoms with Crippen molar-refractivity contribution >= 4 is 33.3 Å². The molecular weight excluding hydrogens is 356 g/mol. The Bertz CT molecular complexity index is 673. The molecule has 0 saturated heterocycles. The van der Waals surface area contributed by atoms with Crippen molar-refractivity contribution in [2.45, 2.75) is 26.7 Å². The minimum atomic E-state index is -0.100. The highest BCUT2D eigenvalue weighted by atomic mass is 79.9. The van der Waals surface area contributed by atoms with E-state index >= 15 is 0 Å². The lowest BCUT2D eigenvalue weighted by Gasteiger charge is -2.15. The molecule has 0 aliphatic rings. The number of nitrogens with zero attached hydrogens (tertiary/aromatic N) is 3. The Kier molecular flexibility index (Phi) is 6.10. The van der Waals surface area contributed by atoms with Crippen LogP contribution < -0.4 is 5.32 Å². The molecule has 5 nitrogen and oxygen atoms in total. The summed E-state index contributed by atoms with van der Waals surface area (Å²) >= 11 is 3.47. The first-order valence-electron chi connectivity index (χ1n) is 7.63. The van der Waals surface area contributed by atoms with Crippen LogP contribution in [0.25, 0.3) is 0 Å². The zero-order chi connectivity index (χ0) is 16.8. The van der Waals surface area contributed by atoms with Crippen LogP contribution in [0.2, 0.25) is 0 Å². The second-order valence-electron chi connectivity index (χ2n) is 5.47. The van der Waals surface area contributed by atoms with Crippen LogP contribution in [-0.4, -0.2) is 34.6 Å². The maximum Gasteiger partial charge on any atom is 0.274 e. The Morgan fingerprint density at radius 2 is 2.04 bits per heavy atom. The molecule has 6 heteroatoms. The molecule has 1 aromatic carbocycles. The fourth-order valence-corrected chi connectivity index (χ4v) is 2.32. The summed E-state index contributed by atoms with van der Waals surface area (Å²) in [5.41, 5.74) is 2.42. The van der Waals surface area contributed by atoms with Gasteiger partial charge in [-0.25, -0.2) is 0 Å². The largest absolute Gasteiger partial charge is 0.340 e. The van der Waals surface area contributed by atoms with Crippen molar-refractivity contribution in [2.24, 2.45) is 0 Å². The molecule has 1 heterocycles. The van der Waals surface area contributed by atoms with E-state index in [-0.39, 0.29) is 5.91 Å². The van der Waals surface area contributed by atoms with Gasteiger partial charge in [0.2, 0.25) is 0 Å². The van der Waals surface area contributed by atoms with Crippen LogP contribution in [0.1, 0.15) is 35.8 Å². The SMILES string of the molecule is CCCCN(C)C(=O)c1ccc(Nc2ccc(Br)c(C)c2)nn1. The molecular formula is C17H21BrN4O. The third-order valence-corrected chi connectivity index (χ3v) is 4.40. The Balaban J connectivity index is 2.04. The highest BCUT2D eigenvalue weighted by Gasteiger charge is 2.13. The van der Waals surface area contributed by atoms with Crippen molar-refractivity contribution in [1.29, 1.82) is 0 Å². The fraction of sp³-hybridized carbons (Fsp3) is 0.353. The number of unbranched alkanes of at least 4 members (excludes halogenated alkanes) is 1. The van der Waals surface area contributed by atoms with E-state index in [9.17, 15) is 4.79 Å². The highest BCUT2D eigenvalue weighted by molar-refractivity contribution is 9.10. The standard InChI is InChI=1S/C17H21BrN4O/c1-4-5-10-22(3)17(23)15-8-9-16(21-20-15)19-13-6-7-14(18)12(2)11-13/h6-9,11H,4-5,10H2,1-3H3,(H,19,21). The molecule has 0 aliphatic carbocycles. The van der Waals surface area contributed by atoms with Crippen molar-refractivity contribution in [3.63, 3.8) is 0 Å². The van der Waals surface area contributed by atoms with E-state index in [1.54, 1.807) is 24.1 Å². The molecule has 0 bridgehead atoms. The molecule has 1 aromatic heterocycles. The summed E-state index contributed by atoms with van der Waals surface area (Å²) in [5.74, 6) is 0.511. The van der Waals surface area contributed by atoms with Crippen LogP contribution in [0, 0.1) is 6.92 Å². The zero-order valence-electron chi connectivity index (χ0n) is 13.6. The maximum atomic E-state index is 12.2. The van der Waals surface area contributed by atoms with Gasteiger partial charge in [-0.3, -0.25) is 4.79 Å². The van der Waals surface area contributed by atoms with Gasteiger partial charge in [0.15, 0.2) is 11.5 Å². The number of benzene rings is 1. The van der Waals surface area contributed by atoms with E-state index in [0.29, 0.717) is 11.5 Å². The lowest BCUT2D eigenvalue weighted by atomic mass is 10.2. The highest BCUT2D eigenvalue weighted by Crippen LogP contribution is 2.22. The number of hydrogen-bond donors (Lipinski definition) is 1. The first kappa shape index (κ1) is 17.4.